The Balaban J connectivity index is 2.90. The molecule has 0 bridgehead atoms. The van der Waals surface area contributed by atoms with Crippen molar-refractivity contribution in [3.05, 3.63) is 40.0 Å². The average molecular weight is 267 g/mol. The summed E-state index contributed by atoms with van der Waals surface area (Å²) in [5.74, 6) is 0.544. The summed E-state index contributed by atoms with van der Waals surface area (Å²) in [4.78, 5) is 10.3. The van der Waals surface area contributed by atoms with E-state index in [1.54, 1.807) is 18.2 Å². The van der Waals surface area contributed by atoms with Crippen LogP contribution in [-0.4, -0.2) is 32.0 Å². The van der Waals surface area contributed by atoms with Gasteiger partial charge in [-0.05, 0) is 13.0 Å². The maximum absolute atomic E-state index is 10.7. The molecule has 0 aliphatic heterocycles. The molecule has 0 N–H and O–H groups in total. The lowest BCUT2D eigenvalue weighted by atomic mass is 10.1. The van der Waals surface area contributed by atoms with Crippen LogP contribution in [0.4, 0.5) is 5.69 Å². The quantitative estimate of drug-likeness (QED) is 0.431. The van der Waals surface area contributed by atoms with E-state index in [0.29, 0.717) is 11.3 Å². The molecule has 1 aromatic rings. The van der Waals surface area contributed by atoms with Gasteiger partial charge in [0, 0.05) is 31.9 Å². The van der Waals surface area contributed by atoms with Crippen molar-refractivity contribution in [2.45, 2.75) is 13.2 Å². The highest BCUT2D eigenvalue weighted by Crippen LogP contribution is 2.25. The molecule has 0 amide bonds. The van der Waals surface area contributed by atoms with Crippen LogP contribution in [0, 0.1) is 10.1 Å². The first-order valence-corrected chi connectivity index (χ1v) is 5.72. The molecule has 0 aromatic heterocycles. The van der Waals surface area contributed by atoms with Gasteiger partial charge in [-0.2, -0.15) is 0 Å². The fourth-order valence-electron chi connectivity index (χ4n) is 1.48. The first kappa shape index (κ1) is 15.1. The number of hydrogen-bond donors (Lipinski definition) is 0. The van der Waals surface area contributed by atoms with Gasteiger partial charge in [-0.1, -0.05) is 12.2 Å². The summed E-state index contributed by atoms with van der Waals surface area (Å²) in [6.45, 7) is 2.03. The molecular formula is C13H17NO5. The van der Waals surface area contributed by atoms with Gasteiger partial charge in [-0.15, -0.1) is 0 Å². The second kappa shape index (κ2) is 7.50. The van der Waals surface area contributed by atoms with Crippen LogP contribution in [0.3, 0.4) is 0 Å². The first-order chi connectivity index (χ1) is 9.12. The monoisotopic (exact) mass is 267 g/mol. The van der Waals surface area contributed by atoms with Gasteiger partial charge in [0.1, 0.15) is 12.4 Å². The molecule has 0 radical (unpaired) electrons. The summed E-state index contributed by atoms with van der Waals surface area (Å²) in [6.07, 6.45) is 3.06. The summed E-state index contributed by atoms with van der Waals surface area (Å²) in [5, 5.41) is 10.7. The highest BCUT2D eigenvalue weighted by atomic mass is 16.7. The number of nitro groups is 1. The normalized spacial score (nSPS) is 11.2. The number of methoxy groups -OCH3 is 2. The third kappa shape index (κ3) is 4.35. The van der Waals surface area contributed by atoms with E-state index >= 15 is 0 Å². The largest absolute Gasteiger partial charge is 0.488 e. The molecule has 1 aromatic carbocycles. The van der Waals surface area contributed by atoms with Gasteiger partial charge in [0.2, 0.25) is 0 Å². The zero-order chi connectivity index (χ0) is 14.3. The Kier molecular flexibility index (Phi) is 5.98. The number of ether oxygens (including phenoxy) is 3. The van der Waals surface area contributed by atoms with Crippen molar-refractivity contribution < 1.29 is 19.1 Å². The standard InChI is InChI=1S/C13H17NO5/c1-4-5-10-8-11(14(15)16)6-7-12(10)19-9-13(17-2)18-3/h4-8,13H,9H2,1-3H3/b5-4+. The maximum atomic E-state index is 10.7. The topological polar surface area (TPSA) is 70.8 Å². The smallest absolute Gasteiger partial charge is 0.270 e. The van der Waals surface area contributed by atoms with Gasteiger partial charge in [0.05, 0.1) is 4.92 Å². The molecule has 19 heavy (non-hydrogen) atoms. The fourth-order valence-corrected chi connectivity index (χ4v) is 1.48. The van der Waals surface area contributed by atoms with E-state index in [9.17, 15) is 10.1 Å². The molecule has 0 fully saturated rings. The van der Waals surface area contributed by atoms with Gasteiger partial charge in [0.25, 0.3) is 5.69 Å². The Morgan fingerprint density at radius 2 is 2.05 bits per heavy atom. The van der Waals surface area contributed by atoms with Gasteiger partial charge in [-0.25, -0.2) is 0 Å². The summed E-state index contributed by atoms with van der Waals surface area (Å²) < 4.78 is 15.6. The minimum atomic E-state index is -0.478. The summed E-state index contributed by atoms with van der Waals surface area (Å²) in [5.41, 5.74) is 0.665. The average Bonchev–Trinajstić information content (AvgIpc) is 2.41. The Bertz CT molecular complexity index is 454. The molecule has 6 nitrogen and oxygen atoms in total. The minimum absolute atomic E-state index is 0.0236. The molecule has 6 heteroatoms. The minimum Gasteiger partial charge on any atom is -0.488 e. The van der Waals surface area contributed by atoms with Gasteiger partial charge < -0.3 is 14.2 Å². The van der Waals surface area contributed by atoms with E-state index < -0.39 is 11.2 Å². The molecule has 0 heterocycles. The van der Waals surface area contributed by atoms with Crippen LogP contribution in [-0.2, 0) is 9.47 Å². The number of allylic oxidation sites excluding steroid dienone is 1. The summed E-state index contributed by atoms with van der Waals surface area (Å²) in [6, 6.07) is 4.43. The van der Waals surface area contributed by atoms with Crippen LogP contribution in [0.1, 0.15) is 12.5 Å². The third-order valence-corrected chi connectivity index (χ3v) is 2.45. The van der Waals surface area contributed by atoms with E-state index in [1.165, 1.54) is 26.4 Å². The van der Waals surface area contributed by atoms with Crippen molar-refractivity contribution in [3.8, 4) is 5.75 Å². The van der Waals surface area contributed by atoms with Crippen LogP contribution in [0.5, 0.6) is 5.75 Å². The van der Waals surface area contributed by atoms with Gasteiger partial charge in [0.15, 0.2) is 6.29 Å². The van der Waals surface area contributed by atoms with Crippen molar-refractivity contribution >= 4 is 11.8 Å². The first-order valence-electron chi connectivity index (χ1n) is 5.72. The Morgan fingerprint density at radius 1 is 1.37 bits per heavy atom. The summed E-state index contributed by atoms with van der Waals surface area (Å²) >= 11 is 0. The molecular weight excluding hydrogens is 250 g/mol. The molecule has 0 saturated carbocycles. The van der Waals surface area contributed by atoms with Crippen molar-refractivity contribution in [2.24, 2.45) is 0 Å². The second-order valence-electron chi connectivity index (χ2n) is 3.69. The number of nitrogens with zero attached hydrogens (tertiary/aromatic N) is 1. The highest BCUT2D eigenvalue weighted by Gasteiger charge is 2.12. The lowest BCUT2D eigenvalue weighted by Crippen LogP contribution is -2.22. The maximum Gasteiger partial charge on any atom is 0.270 e. The molecule has 0 aliphatic rings. The molecule has 0 spiro atoms. The molecule has 0 aliphatic carbocycles. The zero-order valence-corrected chi connectivity index (χ0v) is 11.2. The predicted octanol–water partition coefficient (Wildman–Crippen LogP) is 2.63. The zero-order valence-electron chi connectivity index (χ0n) is 11.2. The second-order valence-corrected chi connectivity index (χ2v) is 3.69. The SMILES string of the molecule is C/C=C/c1cc([N+](=O)[O-])ccc1OCC(OC)OC. The number of benzene rings is 1. The molecule has 104 valence electrons. The van der Waals surface area contributed by atoms with E-state index in [2.05, 4.69) is 0 Å². The molecule has 0 atom stereocenters. The van der Waals surface area contributed by atoms with Crippen LogP contribution in [0.15, 0.2) is 24.3 Å². The van der Waals surface area contributed by atoms with Crippen molar-refractivity contribution in [3.63, 3.8) is 0 Å². The van der Waals surface area contributed by atoms with Crippen LogP contribution < -0.4 is 4.74 Å². The number of nitro benzene ring substituents is 1. The molecule has 0 unspecified atom stereocenters. The highest BCUT2D eigenvalue weighted by molar-refractivity contribution is 5.60. The fraction of sp³-hybridized carbons (Fsp3) is 0.385. The lowest BCUT2D eigenvalue weighted by Gasteiger charge is -2.15. The van der Waals surface area contributed by atoms with Crippen LogP contribution in [0.25, 0.3) is 6.08 Å². The van der Waals surface area contributed by atoms with E-state index in [-0.39, 0.29) is 12.3 Å². The Morgan fingerprint density at radius 3 is 2.58 bits per heavy atom. The van der Waals surface area contributed by atoms with Gasteiger partial charge >= 0.3 is 0 Å². The van der Waals surface area contributed by atoms with Crippen molar-refractivity contribution in [1.82, 2.24) is 0 Å². The summed E-state index contributed by atoms with van der Waals surface area (Å²) in [7, 11) is 3.03. The van der Waals surface area contributed by atoms with E-state index in [1.807, 2.05) is 6.92 Å². The molecule has 1 rings (SSSR count). The number of rotatable bonds is 7. The van der Waals surface area contributed by atoms with Crippen LogP contribution in [0.2, 0.25) is 0 Å². The number of non-ortho nitro benzene ring substituents is 1. The van der Waals surface area contributed by atoms with E-state index in [0.717, 1.165) is 0 Å². The Hall–Kier alpha value is -1.92. The Labute approximate surface area is 111 Å². The number of hydrogen-bond acceptors (Lipinski definition) is 5. The predicted molar refractivity (Wildman–Crippen MR) is 71.1 cm³/mol. The van der Waals surface area contributed by atoms with Crippen molar-refractivity contribution in [1.29, 1.82) is 0 Å². The third-order valence-electron chi connectivity index (χ3n) is 2.45. The van der Waals surface area contributed by atoms with E-state index in [4.69, 9.17) is 14.2 Å². The van der Waals surface area contributed by atoms with Crippen LogP contribution >= 0.6 is 0 Å². The molecule has 0 saturated heterocycles. The van der Waals surface area contributed by atoms with Gasteiger partial charge in [-0.3, -0.25) is 10.1 Å². The van der Waals surface area contributed by atoms with Crippen molar-refractivity contribution in [2.75, 3.05) is 20.8 Å². The lowest BCUT2D eigenvalue weighted by molar-refractivity contribution is -0.384.